The fraction of sp³-hybridized carbons (Fsp3) is 0.789. The number of carbonyl (C=O) groups is 1. The molecule has 0 radical (unpaired) electrons. The SMILES string of the molecule is CC[C@H](NC(=O)c1c(Br)c(C)nn1C)C12CC3CC(CC(C3)C1)C2. The Kier molecular flexibility index (Phi) is 4.06. The Bertz CT molecular complexity index is 631. The van der Waals surface area contributed by atoms with Crippen molar-refractivity contribution in [3.63, 3.8) is 0 Å². The fourth-order valence-corrected chi connectivity index (χ4v) is 6.91. The highest BCUT2D eigenvalue weighted by Gasteiger charge is 2.54. The van der Waals surface area contributed by atoms with Gasteiger partial charge >= 0.3 is 0 Å². The molecule has 0 aliphatic heterocycles. The van der Waals surface area contributed by atoms with Crippen molar-refractivity contribution in [2.75, 3.05) is 0 Å². The van der Waals surface area contributed by atoms with Crippen molar-refractivity contribution in [2.24, 2.45) is 30.2 Å². The van der Waals surface area contributed by atoms with Crippen LogP contribution >= 0.6 is 15.9 Å². The average Bonchev–Trinajstić information content (AvgIpc) is 2.76. The number of amides is 1. The molecule has 0 saturated heterocycles. The molecule has 4 saturated carbocycles. The zero-order valence-electron chi connectivity index (χ0n) is 14.9. The predicted molar refractivity (Wildman–Crippen MR) is 97.8 cm³/mol. The number of rotatable bonds is 4. The van der Waals surface area contributed by atoms with E-state index in [1.807, 2.05) is 14.0 Å². The van der Waals surface area contributed by atoms with Crippen molar-refractivity contribution in [2.45, 2.75) is 64.8 Å². The summed E-state index contributed by atoms with van der Waals surface area (Å²) in [7, 11) is 1.85. The van der Waals surface area contributed by atoms with Crippen molar-refractivity contribution < 1.29 is 4.79 Å². The van der Waals surface area contributed by atoms with Gasteiger partial charge < -0.3 is 5.32 Å². The first-order valence-electron chi connectivity index (χ1n) is 9.42. The van der Waals surface area contributed by atoms with E-state index in [0.29, 0.717) is 17.2 Å². The highest BCUT2D eigenvalue weighted by atomic mass is 79.9. The summed E-state index contributed by atoms with van der Waals surface area (Å²) in [6, 6.07) is 0.292. The Morgan fingerprint density at radius 2 is 1.83 bits per heavy atom. The zero-order valence-corrected chi connectivity index (χ0v) is 16.5. The molecule has 4 bridgehead atoms. The molecule has 5 rings (SSSR count). The van der Waals surface area contributed by atoms with Gasteiger partial charge in [-0.1, -0.05) is 6.92 Å². The first-order valence-corrected chi connectivity index (χ1v) is 10.2. The van der Waals surface area contributed by atoms with E-state index in [2.05, 4.69) is 33.3 Å². The van der Waals surface area contributed by atoms with Crippen LogP contribution in [0, 0.1) is 30.1 Å². The maximum absolute atomic E-state index is 13.0. The minimum Gasteiger partial charge on any atom is -0.347 e. The van der Waals surface area contributed by atoms with Gasteiger partial charge in [-0.3, -0.25) is 9.48 Å². The van der Waals surface area contributed by atoms with Gasteiger partial charge in [0.2, 0.25) is 0 Å². The molecule has 5 heteroatoms. The van der Waals surface area contributed by atoms with Gasteiger partial charge in [0.25, 0.3) is 5.91 Å². The molecule has 1 amide bonds. The lowest BCUT2D eigenvalue weighted by atomic mass is 9.47. The van der Waals surface area contributed by atoms with Gasteiger partial charge in [-0.15, -0.1) is 0 Å². The number of carbonyl (C=O) groups excluding carboxylic acids is 1. The number of aryl methyl sites for hydroxylation is 2. The minimum absolute atomic E-state index is 0.0209. The van der Waals surface area contributed by atoms with E-state index >= 15 is 0 Å². The Labute approximate surface area is 152 Å². The molecule has 1 heterocycles. The lowest BCUT2D eigenvalue weighted by Gasteiger charge is -2.59. The van der Waals surface area contributed by atoms with Crippen LogP contribution in [-0.2, 0) is 7.05 Å². The summed E-state index contributed by atoms with van der Waals surface area (Å²) in [4.78, 5) is 13.0. The van der Waals surface area contributed by atoms with Gasteiger partial charge in [0.1, 0.15) is 5.69 Å². The third-order valence-electron chi connectivity index (χ3n) is 6.90. The van der Waals surface area contributed by atoms with Crippen LogP contribution in [0.15, 0.2) is 4.47 Å². The second-order valence-electron chi connectivity index (χ2n) is 8.59. The molecule has 1 aromatic rings. The first kappa shape index (κ1) is 16.6. The lowest BCUT2D eigenvalue weighted by Crippen LogP contribution is -2.56. The fourth-order valence-electron chi connectivity index (χ4n) is 6.40. The lowest BCUT2D eigenvalue weighted by molar-refractivity contribution is -0.0727. The van der Waals surface area contributed by atoms with Gasteiger partial charge in [0, 0.05) is 13.1 Å². The molecule has 0 aromatic carbocycles. The second kappa shape index (κ2) is 5.86. The Balaban J connectivity index is 1.57. The molecule has 1 N–H and O–H groups in total. The van der Waals surface area contributed by atoms with E-state index in [1.54, 1.807) is 4.68 Å². The molecule has 4 fully saturated rings. The van der Waals surface area contributed by atoms with E-state index in [0.717, 1.165) is 34.3 Å². The molecule has 132 valence electrons. The number of hydrogen-bond acceptors (Lipinski definition) is 2. The van der Waals surface area contributed by atoms with Crippen molar-refractivity contribution in [1.82, 2.24) is 15.1 Å². The third kappa shape index (κ3) is 2.54. The normalized spacial score (nSPS) is 35.2. The van der Waals surface area contributed by atoms with Gasteiger partial charge in [0.05, 0.1) is 10.2 Å². The Morgan fingerprint density at radius 3 is 2.25 bits per heavy atom. The minimum atomic E-state index is 0.0209. The first-order chi connectivity index (χ1) is 11.4. The summed E-state index contributed by atoms with van der Waals surface area (Å²) >= 11 is 3.53. The Morgan fingerprint density at radius 1 is 1.29 bits per heavy atom. The number of halogens is 1. The van der Waals surface area contributed by atoms with Crippen LogP contribution in [0.25, 0.3) is 0 Å². The molecule has 4 aliphatic carbocycles. The maximum atomic E-state index is 13.0. The number of nitrogens with zero attached hydrogens (tertiary/aromatic N) is 2. The summed E-state index contributed by atoms with van der Waals surface area (Å²) in [6.07, 6.45) is 9.31. The molecule has 4 nitrogen and oxygen atoms in total. The molecule has 0 unspecified atom stereocenters. The van der Waals surface area contributed by atoms with Crippen LogP contribution in [0.2, 0.25) is 0 Å². The van der Waals surface area contributed by atoms with E-state index < -0.39 is 0 Å². The number of hydrogen-bond donors (Lipinski definition) is 1. The van der Waals surface area contributed by atoms with Crippen LogP contribution in [-0.4, -0.2) is 21.7 Å². The van der Waals surface area contributed by atoms with Crippen LogP contribution < -0.4 is 5.32 Å². The summed E-state index contributed by atoms with van der Waals surface area (Å²) in [6.45, 7) is 4.16. The predicted octanol–water partition coefficient (Wildman–Crippen LogP) is 4.22. The molecule has 4 aliphatic rings. The molecule has 24 heavy (non-hydrogen) atoms. The summed E-state index contributed by atoms with van der Waals surface area (Å²) in [5, 5.41) is 7.77. The summed E-state index contributed by atoms with van der Waals surface area (Å²) < 4.78 is 2.52. The molecular weight excluding hydrogens is 366 g/mol. The zero-order chi connectivity index (χ0) is 17.1. The van der Waals surface area contributed by atoms with Crippen LogP contribution in [0.3, 0.4) is 0 Å². The third-order valence-corrected chi connectivity index (χ3v) is 7.85. The van der Waals surface area contributed by atoms with E-state index in [9.17, 15) is 4.79 Å². The highest BCUT2D eigenvalue weighted by Crippen LogP contribution is 2.61. The van der Waals surface area contributed by atoms with Crippen molar-refractivity contribution in [3.05, 3.63) is 15.9 Å². The molecule has 1 atom stereocenters. The smallest absolute Gasteiger partial charge is 0.270 e. The van der Waals surface area contributed by atoms with Crippen LogP contribution in [0.4, 0.5) is 0 Å². The quantitative estimate of drug-likeness (QED) is 0.832. The van der Waals surface area contributed by atoms with Crippen molar-refractivity contribution >= 4 is 21.8 Å². The monoisotopic (exact) mass is 393 g/mol. The highest BCUT2D eigenvalue weighted by molar-refractivity contribution is 9.10. The van der Waals surface area contributed by atoms with E-state index in [-0.39, 0.29) is 5.91 Å². The largest absolute Gasteiger partial charge is 0.347 e. The molecule has 1 aromatic heterocycles. The van der Waals surface area contributed by atoms with Crippen LogP contribution in [0.5, 0.6) is 0 Å². The number of aromatic nitrogens is 2. The van der Waals surface area contributed by atoms with E-state index in [1.165, 1.54) is 38.5 Å². The van der Waals surface area contributed by atoms with Crippen molar-refractivity contribution in [3.8, 4) is 0 Å². The molecule has 0 spiro atoms. The number of nitrogens with one attached hydrogen (secondary N) is 1. The van der Waals surface area contributed by atoms with Gasteiger partial charge in [0.15, 0.2) is 0 Å². The van der Waals surface area contributed by atoms with Crippen LogP contribution in [0.1, 0.15) is 68.1 Å². The maximum Gasteiger partial charge on any atom is 0.270 e. The average molecular weight is 394 g/mol. The van der Waals surface area contributed by atoms with E-state index in [4.69, 9.17) is 0 Å². The standard InChI is InChI=1S/C19H28BrN3O/c1-4-15(21-18(24)17-16(20)11(2)22-23(17)3)19-8-12-5-13(9-19)7-14(6-12)10-19/h12-15H,4-10H2,1-3H3,(H,21,24)/t12?,13?,14?,15-,19?/m0/s1. The Hall–Kier alpha value is -0.840. The van der Waals surface area contributed by atoms with Gasteiger partial charge in [-0.05, 0) is 91.0 Å². The summed E-state index contributed by atoms with van der Waals surface area (Å²) in [5.41, 5.74) is 1.86. The van der Waals surface area contributed by atoms with Gasteiger partial charge in [-0.25, -0.2) is 0 Å². The topological polar surface area (TPSA) is 46.9 Å². The van der Waals surface area contributed by atoms with Gasteiger partial charge in [-0.2, -0.15) is 5.10 Å². The summed E-state index contributed by atoms with van der Waals surface area (Å²) in [5.74, 6) is 2.75. The second-order valence-corrected chi connectivity index (χ2v) is 9.38. The molecular formula is C19H28BrN3O. The van der Waals surface area contributed by atoms with Crippen molar-refractivity contribution in [1.29, 1.82) is 0 Å².